The minimum Gasteiger partial charge on any atom is -0.386 e. The van der Waals surface area contributed by atoms with Crippen molar-refractivity contribution in [3.63, 3.8) is 0 Å². The van der Waals surface area contributed by atoms with Crippen molar-refractivity contribution in [3.05, 3.63) is 48.6 Å². The normalized spacial score (nSPS) is 33.8. The molecule has 2 aliphatic carbocycles. The fourth-order valence-corrected chi connectivity index (χ4v) is 3.24. The van der Waals surface area contributed by atoms with E-state index >= 15 is 0 Å². The molecular formula is C21H28O6. The molecule has 27 heavy (non-hydrogen) atoms. The van der Waals surface area contributed by atoms with E-state index in [-0.39, 0.29) is 42.0 Å². The van der Waals surface area contributed by atoms with E-state index in [1.807, 2.05) is 12.2 Å². The number of methoxy groups -OCH3 is 2. The fraction of sp³-hybridized carbons (Fsp3) is 0.524. The number of ketones is 2. The third-order valence-electron chi connectivity index (χ3n) is 4.89. The van der Waals surface area contributed by atoms with Gasteiger partial charge in [-0.3, -0.25) is 9.59 Å². The monoisotopic (exact) mass is 376 g/mol. The van der Waals surface area contributed by atoms with Crippen LogP contribution in [0, 0.1) is 11.8 Å². The number of aliphatic hydroxyl groups is 2. The Labute approximate surface area is 159 Å². The molecule has 6 unspecified atom stereocenters. The number of carbonyl (C=O) groups is 2. The third-order valence-corrected chi connectivity index (χ3v) is 4.89. The van der Waals surface area contributed by atoms with Crippen LogP contribution < -0.4 is 0 Å². The van der Waals surface area contributed by atoms with E-state index in [0.717, 1.165) is 0 Å². The molecule has 0 amide bonds. The molecule has 0 heterocycles. The molecule has 6 atom stereocenters. The molecule has 2 rings (SSSR count). The summed E-state index contributed by atoms with van der Waals surface area (Å²) in [7, 11) is 3.09. The lowest BCUT2D eigenvalue weighted by molar-refractivity contribution is -0.122. The maximum Gasteiger partial charge on any atom is 0.163 e. The summed E-state index contributed by atoms with van der Waals surface area (Å²) in [6.07, 6.45) is 12.5. The van der Waals surface area contributed by atoms with Crippen molar-refractivity contribution in [2.75, 3.05) is 14.2 Å². The minimum atomic E-state index is -0.630. The molecule has 0 aromatic heterocycles. The Morgan fingerprint density at radius 2 is 1.26 bits per heavy atom. The van der Waals surface area contributed by atoms with E-state index in [0.29, 0.717) is 12.8 Å². The topological polar surface area (TPSA) is 93.1 Å². The van der Waals surface area contributed by atoms with E-state index in [1.165, 1.54) is 12.2 Å². The molecular weight excluding hydrogens is 348 g/mol. The summed E-state index contributed by atoms with van der Waals surface area (Å²) in [5, 5.41) is 19.4. The Bertz CT molecular complexity index is 579. The van der Waals surface area contributed by atoms with Crippen LogP contribution in [-0.4, -0.2) is 60.4 Å². The van der Waals surface area contributed by atoms with Crippen molar-refractivity contribution < 1.29 is 29.3 Å². The average Bonchev–Trinajstić information content (AvgIpc) is 2.66. The van der Waals surface area contributed by atoms with Gasteiger partial charge in [0.05, 0.1) is 30.8 Å². The molecule has 2 N–H and O–H groups in total. The second-order valence-corrected chi connectivity index (χ2v) is 6.93. The van der Waals surface area contributed by atoms with Crippen LogP contribution in [0.15, 0.2) is 48.6 Å². The minimum absolute atomic E-state index is 0.00211. The van der Waals surface area contributed by atoms with Crippen LogP contribution in [0.2, 0.25) is 0 Å². The summed E-state index contributed by atoms with van der Waals surface area (Å²) >= 11 is 0. The first-order chi connectivity index (χ1) is 12.9. The van der Waals surface area contributed by atoms with Gasteiger partial charge in [-0.15, -0.1) is 0 Å². The van der Waals surface area contributed by atoms with Crippen LogP contribution in [0.25, 0.3) is 0 Å². The smallest absolute Gasteiger partial charge is 0.163 e. The number of aliphatic hydroxyl groups excluding tert-OH is 2. The Morgan fingerprint density at radius 3 is 1.63 bits per heavy atom. The summed E-state index contributed by atoms with van der Waals surface area (Å²) in [6.45, 7) is 0. The Morgan fingerprint density at radius 1 is 0.852 bits per heavy atom. The van der Waals surface area contributed by atoms with Crippen molar-refractivity contribution >= 4 is 11.6 Å². The maximum absolute atomic E-state index is 12.0. The number of allylic oxidation sites excluding steroid dienone is 6. The van der Waals surface area contributed by atoms with Crippen molar-refractivity contribution in [1.29, 1.82) is 0 Å². The predicted molar refractivity (Wildman–Crippen MR) is 101 cm³/mol. The van der Waals surface area contributed by atoms with Gasteiger partial charge in [0, 0.05) is 14.2 Å². The fourth-order valence-electron chi connectivity index (χ4n) is 3.24. The lowest BCUT2D eigenvalue weighted by atomic mass is 9.90. The quantitative estimate of drug-likeness (QED) is 0.379. The number of ether oxygens (including phenoxy) is 2. The number of carbonyl (C=O) groups excluding carboxylic acids is 2. The molecule has 0 saturated carbocycles. The van der Waals surface area contributed by atoms with Crippen LogP contribution in [0.1, 0.15) is 19.3 Å². The van der Waals surface area contributed by atoms with Crippen LogP contribution in [0.3, 0.4) is 0 Å². The first-order valence-electron chi connectivity index (χ1n) is 9.13. The van der Waals surface area contributed by atoms with Crippen molar-refractivity contribution in [3.8, 4) is 0 Å². The zero-order chi connectivity index (χ0) is 19.8. The highest BCUT2D eigenvalue weighted by atomic mass is 16.5. The largest absolute Gasteiger partial charge is 0.386 e. The lowest BCUT2D eigenvalue weighted by Crippen LogP contribution is -2.31. The highest BCUT2D eigenvalue weighted by molar-refractivity contribution is 6.08. The van der Waals surface area contributed by atoms with Gasteiger partial charge in [-0.2, -0.15) is 0 Å². The third kappa shape index (κ3) is 6.66. The van der Waals surface area contributed by atoms with Gasteiger partial charge < -0.3 is 19.7 Å². The van der Waals surface area contributed by atoms with E-state index in [1.54, 1.807) is 38.5 Å². The standard InChI is InChI=1S/C21H28O6/c1-26-20-11-14(5-9-18(20)24)3-7-16(22)13-17(23)8-4-15-6-10-19(25)21(12-15)27-2/h3-10,14-15,18-21,24-25H,11-13H2,1-2H3. The van der Waals surface area contributed by atoms with Crippen molar-refractivity contribution in [2.24, 2.45) is 11.8 Å². The highest BCUT2D eigenvalue weighted by Gasteiger charge is 2.24. The molecule has 0 spiro atoms. The first-order valence-corrected chi connectivity index (χ1v) is 9.13. The number of hydrogen-bond acceptors (Lipinski definition) is 6. The van der Waals surface area contributed by atoms with E-state index in [2.05, 4.69) is 0 Å². The molecule has 0 aromatic rings. The average molecular weight is 376 g/mol. The molecule has 0 aliphatic heterocycles. The SMILES string of the molecule is COC1CC(C=CC(=O)CC(=O)C=CC2C=CC(O)C(OC)C2)C=CC1O. The second kappa shape index (κ2) is 10.5. The highest BCUT2D eigenvalue weighted by Crippen LogP contribution is 2.22. The second-order valence-electron chi connectivity index (χ2n) is 6.93. The Hall–Kier alpha value is -1.86. The Balaban J connectivity index is 1.81. The molecule has 2 aliphatic rings. The zero-order valence-electron chi connectivity index (χ0n) is 15.7. The lowest BCUT2D eigenvalue weighted by Gasteiger charge is -2.26. The van der Waals surface area contributed by atoms with Crippen LogP contribution >= 0.6 is 0 Å². The molecule has 148 valence electrons. The Kier molecular flexibility index (Phi) is 8.31. The van der Waals surface area contributed by atoms with Crippen LogP contribution in [0.4, 0.5) is 0 Å². The molecule has 6 nitrogen and oxygen atoms in total. The van der Waals surface area contributed by atoms with Gasteiger partial charge in [0.25, 0.3) is 0 Å². The van der Waals surface area contributed by atoms with Crippen molar-refractivity contribution in [1.82, 2.24) is 0 Å². The first kappa shape index (κ1) is 21.4. The summed E-state index contributed by atoms with van der Waals surface area (Å²) < 4.78 is 10.4. The molecule has 0 saturated heterocycles. The zero-order valence-corrected chi connectivity index (χ0v) is 15.7. The van der Waals surface area contributed by atoms with E-state index < -0.39 is 12.2 Å². The molecule has 0 aromatic carbocycles. The van der Waals surface area contributed by atoms with Gasteiger partial charge in [-0.1, -0.05) is 36.5 Å². The van der Waals surface area contributed by atoms with Gasteiger partial charge in [-0.25, -0.2) is 0 Å². The van der Waals surface area contributed by atoms with E-state index in [4.69, 9.17) is 9.47 Å². The molecule has 0 bridgehead atoms. The summed E-state index contributed by atoms with van der Waals surface area (Å²) in [5.74, 6) is -0.527. The van der Waals surface area contributed by atoms with Gasteiger partial charge in [0.2, 0.25) is 0 Å². The van der Waals surface area contributed by atoms with E-state index in [9.17, 15) is 19.8 Å². The summed E-state index contributed by atoms with van der Waals surface area (Å²) in [5.41, 5.74) is 0. The van der Waals surface area contributed by atoms with Gasteiger partial charge in [0.1, 0.15) is 0 Å². The molecule has 0 fully saturated rings. The van der Waals surface area contributed by atoms with Crippen LogP contribution in [0.5, 0.6) is 0 Å². The maximum atomic E-state index is 12.0. The number of rotatable bonds is 8. The van der Waals surface area contributed by atoms with Gasteiger partial charge >= 0.3 is 0 Å². The molecule has 6 heteroatoms. The summed E-state index contributed by atoms with van der Waals surface area (Å²) in [6, 6.07) is 0. The van der Waals surface area contributed by atoms with Crippen molar-refractivity contribution in [2.45, 2.75) is 43.7 Å². The number of hydrogen-bond donors (Lipinski definition) is 2. The molecule has 0 radical (unpaired) electrons. The van der Waals surface area contributed by atoms with Crippen LogP contribution in [-0.2, 0) is 19.1 Å². The predicted octanol–water partition coefficient (Wildman–Crippen LogP) is 1.53. The summed E-state index contributed by atoms with van der Waals surface area (Å²) in [4.78, 5) is 24.0. The van der Waals surface area contributed by atoms with Gasteiger partial charge in [-0.05, 0) is 36.8 Å². The van der Waals surface area contributed by atoms with Gasteiger partial charge in [0.15, 0.2) is 11.6 Å².